The van der Waals surface area contributed by atoms with Gasteiger partial charge in [-0.2, -0.15) is 0 Å². The molecule has 0 N–H and O–H groups in total. The standard InChI is InChI=1S/C19H28O/c1-5-7-8-9-10-11-17-12-13-19(20-14-6-2)18(15-17)16(3)4/h12-13,15-16H,5-7,10-11,14H2,1-4H3. The minimum atomic E-state index is 0.494. The van der Waals surface area contributed by atoms with Crippen molar-refractivity contribution in [2.45, 2.75) is 65.7 Å². The highest BCUT2D eigenvalue weighted by molar-refractivity contribution is 5.39. The van der Waals surface area contributed by atoms with Crippen molar-refractivity contribution < 1.29 is 4.74 Å². The van der Waals surface area contributed by atoms with Crippen molar-refractivity contribution in [1.29, 1.82) is 0 Å². The van der Waals surface area contributed by atoms with Gasteiger partial charge in [0.15, 0.2) is 0 Å². The molecule has 0 atom stereocenters. The van der Waals surface area contributed by atoms with Gasteiger partial charge >= 0.3 is 0 Å². The lowest BCUT2D eigenvalue weighted by Gasteiger charge is -2.15. The van der Waals surface area contributed by atoms with E-state index in [0.717, 1.165) is 44.5 Å². The molecule has 0 saturated heterocycles. The number of rotatable bonds is 7. The highest BCUT2D eigenvalue weighted by Crippen LogP contribution is 2.28. The average molecular weight is 272 g/mol. The Kier molecular flexibility index (Phi) is 7.88. The minimum Gasteiger partial charge on any atom is -0.493 e. The van der Waals surface area contributed by atoms with Crippen LogP contribution in [0, 0.1) is 11.8 Å². The Labute approximate surface area is 124 Å². The topological polar surface area (TPSA) is 9.23 Å². The van der Waals surface area contributed by atoms with Crippen LogP contribution in [0.5, 0.6) is 5.75 Å². The van der Waals surface area contributed by atoms with Crippen molar-refractivity contribution >= 4 is 0 Å². The molecule has 20 heavy (non-hydrogen) atoms. The summed E-state index contributed by atoms with van der Waals surface area (Å²) in [6.45, 7) is 9.54. The zero-order valence-electron chi connectivity index (χ0n) is 13.5. The zero-order valence-corrected chi connectivity index (χ0v) is 13.5. The summed E-state index contributed by atoms with van der Waals surface area (Å²) in [4.78, 5) is 0. The highest BCUT2D eigenvalue weighted by atomic mass is 16.5. The molecule has 0 aliphatic rings. The molecule has 1 aromatic carbocycles. The summed E-state index contributed by atoms with van der Waals surface area (Å²) in [6.07, 6.45) is 5.19. The van der Waals surface area contributed by atoms with Crippen LogP contribution in [0.2, 0.25) is 0 Å². The SMILES string of the molecule is CCCC#CCCc1ccc(OCCC)c(C(C)C)c1. The molecule has 110 valence electrons. The van der Waals surface area contributed by atoms with Crippen LogP contribution >= 0.6 is 0 Å². The number of hydrogen-bond donors (Lipinski definition) is 0. The van der Waals surface area contributed by atoms with Crippen LogP contribution in [-0.4, -0.2) is 6.61 Å². The van der Waals surface area contributed by atoms with E-state index in [9.17, 15) is 0 Å². The van der Waals surface area contributed by atoms with Gasteiger partial charge in [0.25, 0.3) is 0 Å². The summed E-state index contributed by atoms with van der Waals surface area (Å²) in [5, 5.41) is 0. The summed E-state index contributed by atoms with van der Waals surface area (Å²) in [6, 6.07) is 6.59. The van der Waals surface area contributed by atoms with Gasteiger partial charge in [-0.05, 0) is 42.4 Å². The van der Waals surface area contributed by atoms with Crippen molar-refractivity contribution in [1.82, 2.24) is 0 Å². The fraction of sp³-hybridized carbons (Fsp3) is 0.579. The predicted molar refractivity (Wildman–Crippen MR) is 87.3 cm³/mol. The molecule has 1 rings (SSSR count). The molecule has 0 fully saturated rings. The quantitative estimate of drug-likeness (QED) is 0.609. The molecule has 0 aromatic heterocycles. The van der Waals surface area contributed by atoms with E-state index in [0.29, 0.717) is 5.92 Å². The molecule has 0 unspecified atom stereocenters. The molecule has 1 aromatic rings. The van der Waals surface area contributed by atoms with Gasteiger partial charge in [0.1, 0.15) is 5.75 Å². The number of unbranched alkanes of at least 4 members (excludes halogenated alkanes) is 1. The van der Waals surface area contributed by atoms with E-state index in [-0.39, 0.29) is 0 Å². The second-order valence-corrected chi connectivity index (χ2v) is 5.48. The average Bonchev–Trinajstić information content (AvgIpc) is 2.45. The van der Waals surface area contributed by atoms with Crippen LogP contribution < -0.4 is 4.74 Å². The Balaban J connectivity index is 2.70. The summed E-state index contributed by atoms with van der Waals surface area (Å²) in [7, 11) is 0. The maximum atomic E-state index is 5.83. The van der Waals surface area contributed by atoms with Crippen LogP contribution in [0.4, 0.5) is 0 Å². The van der Waals surface area contributed by atoms with Crippen molar-refractivity contribution in [3.63, 3.8) is 0 Å². The van der Waals surface area contributed by atoms with E-state index in [1.165, 1.54) is 11.1 Å². The number of hydrogen-bond acceptors (Lipinski definition) is 1. The third kappa shape index (κ3) is 5.70. The zero-order chi connectivity index (χ0) is 14.8. The van der Waals surface area contributed by atoms with Crippen LogP contribution in [0.25, 0.3) is 0 Å². The highest BCUT2D eigenvalue weighted by Gasteiger charge is 2.08. The molecular formula is C19H28O. The maximum absolute atomic E-state index is 5.83. The normalized spacial score (nSPS) is 10.2. The first kappa shape index (κ1) is 16.6. The van der Waals surface area contributed by atoms with Crippen LogP contribution in [0.3, 0.4) is 0 Å². The molecule has 1 nitrogen and oxygen atoms in total. The second-order valence-electron chi connectivity index (χ2n) is 5.48. The minimum absolute atomic E-state index is 0.494. The summed E-state index contributed by atoms with van der Waals surface area (Å²) in [5.74, 6) is 8.00. The van der Waals surface area contributed by atoms with Gasteiger partial charge in [-0.15, -0.1) is 11.8 Å². The molecule has 0 saturated carbocycles. The van der Waals surface area contributed by atoms with Gasteiger partial charge in [-0.25, -0.2) is 0 Å². The summed E-state index contributed by atoms with van der Waals surface area (Å²) in [5.41, 5.74) is 2.68. The third-order valence-corrected chi connectivity index (χ3v) is 3.20. The van der Waals surface area contributed by atoms with E-state index >= 15 is 0 Å². The molecule has 0 radical (unpaired) electrons. The van der Waals surface area contributed by atoms with Crippen molar-refractivity contribution in [3.8, 4) is 17.6 Å². The summed E-state index contributed by atoms with van der Waals surface area (Å²) >= 11 is 0. The van der Waals surface area contributed by atoms with E-state index < -0.39 is 0 Å². The van der Waals surface area contributed by atoms with Crippen LogP contribution in [0.1, 0.15) is 70.4 Å². The van der Waals surface area contributed by atoms with Crippen molar-refractivity contribution in [2.75, 3.05) is 6.61 Å². The van der Waals surface area contributed by atoms with Gasteiger partial charge in [0.05, 0.1) is 6.61 Å². The fourth-order valence-corrected chi connectivity index (χ4v) is 2.06. The Morgan fingerprint density at radius 2 is 1.80 bits per heavy atom. The molecule has 0 bridgehead atoms. The third-order valence-electron chi connectivity index (χ3n) is 3.20. The molecule has 0 amide bonds. The monoisotopic (exact) mass is 272 g/mol. The number of aryl methyl sites for hydroxylation is 1. The van der Waals surface area contributed by atoms with E-state index in [1.807, 2.05) is 0 Å². The Bertz CT molecular complexity index is 449. The van der Waals surface area contributed by atoms with Gasteiger partial charge in [-0.3, -0.25) is 0 Å². The predicted octanol–water partition coefficient (Wildman–Crippen LogP) is 5.33. The van der Waals surface area contributed by atoms with Crippen LogP contribution in [0.15, 0.2) is 18.2 Å². The maximum Gasteiger partial charge on any atom is 0.122 e. The molecular weight excluding hydrogens is 244 g/mol. The number of benzene rings is 1. The first-order valence-electron chi connectivity index (χ1n) is 7.90. The molecule has 0 spiro atoms. The summed E-state index contributed by atoms with van der Waals surface area (Å²) < 4.78 is 5.83. The van der Waals surface area contributed by atoms with Crippen molar-refractivity contribution in [2.24, 2.45) is 0 Å². The second kappa shape index (κ2) is 9.48. The van der Waals surface area contributed by atoms with Crippen LogP contribution in [-0.2, 0) is 6.42 Å². The van der Waals surface area contributed by atoms with Crippen molar-refractivity contribution in [3.05, 3.63) is 29.3 Å². The first-order chi connectivity index (χ1) is 9.69. The van der Waals surface area contributed by atoms with E-state index in [1.54, 1.807) is 0 Å². The lowest BCUT2D eigenvalue weighted by molar-refractivity contribution is 0.313. The number of ether oxygens (including phenoxy) is 1. The van der Waals surface area contributed by atoms with Gasteiger partial charge in [0.2, 0.25) is 0 Å². The molecule has 0 aliphatic heterocycles. The van der Waals surface area contributed by atoms with Gasteiger partial charge in [0, 0.05) is 12.8 Å². The van der Waals surface area contributed by atoms with E-state index in [4.69, 9.17) is 4.74 Å². The Hall–Kier alpha value is -1.42. The molecule has 0 heterocycles. The van der Waals surface area contributed by atoms with E-state index in [2.05, 4.69) is 57.7 Å². The lowest BCUT2D eigenvalue weighted by Crippen LogP contribution is -2.01. The smallest absolute Gasteiger partial charge is 0.122 e. The van der Waals surface area contributed by atoms with Gasteiger partial charge < -0.3 is 4.74 Å². The van der Waals surface area contributed by atoms with Gasteiger partial charge in [-0.1, -0.05) is 39.8 Å². The lowest BCUT2D eigenvalue weighted by atomic mass is 9.98. The molecule has 0 aliphatic carbocycles. The largest absolute Gasteiger partial charge is 0.493 e. The first-order valence-corrected chi connectivity index (χ1v) is 7.90. The Morgan fingerprint density at radius 3 is 2.45 bits per heavy atom. The molecule has 1 heteroatoms. The fourth-order valence-electron chi connectivity index (χ4n) is 2.06. The Morgan fingerprint density at radius 1 is 1.05 bits per heavy atom.